The molecule has 5 heteroatoms. The summed E-state index contributed by atoms with van der Waals surface area (Å²) in [6.07, 6.45) is 0. The van der Waals surface area contributed by atoms with Gasteiger partial charge in [-0.1, -0.05) is 12.1 Å². The first kappa shape index (κ1) is 13.5. The van der Waals surface area contributed by atoms with Crippen LogP contribution in [-0.4, -0.2) is 21.8 Å². The molecule has 1 heterocycles. The molecule has 0 aliphatic carbocycles. The van der Waals surface area contributed by atoms with Crippen LogP contribution < -0.4 is 10.5 Å². The maximum absolute atomic E-state index is 9.51. The van der Waals surface area contributed by atoms with Gasteiger partial charge in [-0.2, -0.15) is 0 Å². The van der Waals surface area contributed by atoms with Crippen LogP contribution in [0.25, 0.3) is 11.0 Å². The van der Waals surface area contributed by atoms with Gasteiger partial charge in [0.25, 0.3) is 0 Å². The monoisotopic (exact) mass is 283 g/mol. The fourth-order valence-corrected chi connectivity index (χ4v) is 2.41. The molecule has 0 amide bonds. The number of anilines is 1. The molecule has 0 atom stereocenters. The number of rotatable bonds is 4. The summed E-state index contributed by atoms with van der Waals surface area (Å²) in [6, 6.07) is 13.4. The van der Waals surface area contributed by atoms with Crippen molar-refractivity contribution in [2.75, 3.05) is 12.8 Å². The first-order chi connectivity index (χ1) is 10.2. The molecule has 0 saturated carbocycles. The van der Waals surface area contributed by atoms with E-state index in [0.29, 0.717) is 18.1 Å². The Bertz CT molecular complexity index is 763. The van der Waals surface area contributed by atoms with Crippen LogP contribution in [-0.2, 0) is 13.2 Å². The van der Waals surface area contributed by atoms with Gasteiger partial charge in [-0.3, -0.25) is 0 Å². The van der Waals surface area contributed by atoms with Crippen molar-refractivity contribution in [3.8, 4) is 5.75 Å². The minimum absolute atomic E-state index is 0.106. The number of aromatic nitrogens is 2. The zero-order valence-electron chi connectivity index (χ0n) is 11.8. The summed E-state index contributed by atoms with van der Waals surface area (Å²) in [5.41, 5.74) is 9.32. The number of ether oxygens (including phenoxy) is 1. The third kappa shape index (κ3) is 2.55. The van der Waals surface area contributed by atoms with Crippen molar-refractivity contribution in [1.29, 1.82) is 0 Å². The number of methoxy groups -OCH3 is 1. The minimum atomic E-state index is -0.106. The van der Waals surface area contributed by atoms with Gasteiger partial charge in [0.05, 0.1) is 18.1 Å². The molecular weight excluding hydrogens is 266 g/mol. The van der Waals surface area contributed by atoms with Crippen molar-refractivity contribution in [3.63, 3.8) is 0 Å². The Balaban J connectivity index is 2.01. The summed E-state index contributed by atoms with van der Waals surface area (Å²) in [7, 11) is 1.65. The van der Waals surface area contributed by atoms with Crippen LogP contribution in [0.5, 0.6) is 5.75 Å². The molecule has 3 N–H and O–H groups in total. The zero-order chi connectivity index (χ0) is 14.8. The molecule has 3 aromatic rings. The molecule has 0 aliphatic rings. The number of benzene rings is 2. The van der Waals surface area contributed by atoms with E-state index < -0.39 is 0 Å². The zero-order valence-corrected chi connectivity index (χ0v) is 11.8. The Morgan fingerprint density at radius 3 is 2.62 bits per heavy atom. The Morgan fingerprint density at radius 2 is 1.95 bits per heavy atom. The molecule has 5 nitrogen and oxygen atoms in total. The summed E-state index contributed by atoms with van der Waals surface area (Å²) < 4.78 is 7.16. The van der Waals surface area contributed by atoms with Crippen molar-refractivity contribution in [2.45, 2.75) is 13.2 Å². The van der Waals surface area contributed by atoms with E-state index in [-0.39, 0.29) is 6.61 Å². The lowest BCUT2D eigenvalue weighted by molar-refractivity contribution is 0.267. The molecule has 0 fully saturated rings. The largest absolute Gasteiger partial charge is 0.497 e. The van der Waals surface area contributed by atoms with Crippen LogP contribution >= 0.6 is 0 Å². The lowest BCUT2D eigenvalue weighted by Gasteiger charge is -2.09. The Kier molecular flexibility index (Phi) is 3.50. The number of aliphatic hydroxyl groups excluding tert-OH is 1. The molecule has 2 aromatic carbocycles. The molecule has 0 spiro atoms. The number of nitrogens with two attached hydrogens (primary N) is 1. The molecule has 3 rings (SSSR count). The van der Waals surface area contributed by atoms with Crippen LogP contribution in [0, 0.1) is 0 Å². The molecule has 108 valence electrons. The van der Waals surface area contributed by atoms with Gasteiger partial charge in [-0.25, -0.2) is 4.98 Å². The molecule has 1 aromatic heterocycles. The maximum Gasteiger partial charge on any atom is 0.136 e. The van der Waals surface area contributed by atoms with Crippen LogP contribution in [0.1, 0.15) is 11.4 Å². The number of imidazole rings is 1. The number of nitrogens with zero attached hydrogens (tertiary/aromatic N) is 2. The van der Waals surface area contributed by atoms with Gasteiger partial charge in [0, 0.05) is 12.2 Å². The van der Waals surface area contributed by atoms with Crippen molar-refractivity contribution in [3.05, 3.63) is 53.9 Å². The minimum Gasteiger partial charge on any atom is -0.497 e. The van der Waals surface area contributed by atoms with Gasteiger partial charge in [0.1, 0.15) is 18.2 Å². The highest BCUT2D eigenvalue weighted by Crippen LogP contribution is 2.21. The molecular formula is C16H17N3O2. The number of hydrogen-bond donors (Lipinski definition) is 2. The van der Waals surface area contributed by atoms with Gasteiger partial charge in [0.15, 0.2) is 0 Å². The lowest BCUT2D eigenvalue weighted by atomic mass is 10.2. The Morgan fingerprint density at radius 1 is 1.19 bits per heavy atom. The van der Waals surface area contributed by atoms with Gasteiger partial charge < -0.3 is 20.1 Å². The highest BCUT2D eigenvalue weighted by molar-refractivity contribution is 5.79. The fourth-order valence-electron chi connectivity index (χ4n) is 2.41. The van der Waals surface area contributed by atoms with Crippen molar-refractivity contribution >= 4 is 16.7 Å². The highest BCUT2D eigenvalue weighted by atomic mass is 16.5. The van der Waals surface area contributed by atoms with E-state index in [1.54, 1.807) is 7.11 Å². The van der Waals surface area contributed by atoms with Gasteiger partial charge in [0.2, 0.25) is 0 Å². The van der Waals surface area contributed by atoms with E-state index in [2.05, 4.69) is 4.98 Å². The van der Waals surface area contributed by atoms with E-state index in [1.165, 1.54) is 0 Å². The van der Waals surface area contributed by atoms with Crippen LogP contribution in [0.2, 0.25) is 0 Å². The van der Waals surface area contributed by atoms with Crippen molar-refractivity contribution < 1.29 is 9.84 Å². The van der Waals surface area contributed by atoms with Crippen molar-refractivity contribution in [2.24, 2.45) is 0 Å². The highest BCUT2D eigenvalue weighted by Gasteiger charge is 2.10. The second kappa shape index (κ2) is 5.46. The predicted octanol–water partition coefficient (Wildman–Crippen LogP) is 2.17. The lowest BCUT2D eigenvalue weighted by Crippen LogP contribution is -2.05. The average molecular weight is 283 g/mol. The summed E-state index contributed by atoms with van der Waals surface area (Å²) in [6.45, 7) is 0.533. The number of nitrogen functional groups attached to an aromatic ring is 1. The number of hydrogen-bond acceptors (Lipinski definition) is 4. The SMILES string of the molecule is COc1ccc(Cn2c(CO)nc3cc(N)ccc32)cc1. The molecule has 0 saturated heterocycles. The Labute approximate surface area is 122 Å². The summed E-state index contributed by atoms with van der Waals surface area (Å²) >= 11 is 0. The van der Waals surface area contributed by atoms with Crippen LogP contribution in [0.4, 0.5) is 5.69 Å². The van der Waals surface area contributed by atoms with E-state index in [1.807, 2.05) is 47.0 Å². The number of aliphatic hydroxyl groups is 1. The molecule has 0 unspecified atom stereocenters. The second-order valence-electron chi connectivity index (χ2n) is 4.87. The third-order valence-electron chi connectivity index (χ3n) is 3.49. The maximum atomic E-state index is 9.51. The van der Waals surface area contributed by atoms with Crippen LogP contribution in [0.3, 0.4) is 0 Å². The van der Waals surface area contributed by atoms with E-state index >= 15 is 0 Å². The third-order valence-corrected chi connectivity index (χ3v) is 3.49. The molecule has 0 radical (unpaired) electrons. The van der Waals surface area contributed by atoms with E-state index in [4.69, 9.17) is 10.5 Å². The van der Waals surface area contributed by atoms with Gasteiger partial charge in [-0.05, 0) is 35.9 Å². The first-order valence-electron chi connectivity index (χ1n) is 6.69. The molecule has 0 aliphatic heterocycles. The van der Waals surface area contributed by atoms with Crippen LogP contribution in [0.15, 0.2) is 42.5 Å². The first-order valence-corrected chi connectivity index (χ1v) is 6.69. The smallest absolute Gasteiger partial charge is 0.136 e. The molecule has 0 bridgehead atoms. The van der Waals surface area contributed by atoms with E-state index in [0.717, 1.165) is 22.3 Å². The summed E-state index contributed by atoms with van der Waals surface area (Å²) in [5, 5.41) is 9.51. The van der Waals surface area contributed by atoms with Gasteiger partial charge in [-0.15, -0.1) is 0 Å². The predicted molar refractivity (Wildman–Crippen MR) is 82.2 cm³/mol. The quantitative estimate of drug-likeness (QED) is 0.720. The number of fused-ring (bicyclic) bond motifs is 1. The summed E-state index contributed by atoms with van der Waals surface area (Å²) in [4.78, 5) is 4.43. The van der Waals surface area contributed by atoms with E-state index in [9.17, 15) is 5.11 Å². The Hall–Kier alpha value is -2.53. The fraction of sp³-hybridized carbons (Fsp3) is 0.188. The normalized spacial score (nSPS) is 11.0. The average Bonchev–Trinajstić information content (AvgIpc) is 2.85. The molecule has 21 heavy (non-hydrogen) atoms. The topological polar surface area (TPSA) is 73.3 Å². The standard InChI is InChI=1S/C16H17N3O2/c1-21-13-5-2-11(3-6-13)9-19-15-7-4-12(17)8-14(15)18-16(19)10-20/h2-8,20H,9-10,17H2,1H3. The second-order valence-corrected chi connectivity index (χ2v) is 4.87. The van der Waals surface area contributed by atoms with Gasteiger partial charge >= 0.3 is 0 Å². The summed E-state index contributed by atoms with van der Waals surface area (Å²) in [5.74, 6) is 1.45. The van der Waals surface area contributed by atoms with Crippen molar-refractivity contribution in [1.82, 2.24) is 9.55 Å².